The first kappa shape index (κ1) is 17.9. The Labute approximate surface area is 108 Å². The normalized spacial score (nSPS) is 20.5. The minimum absolute atomic E-state index is 0.0561. The van der Waals surface area contributed by atoms with Crippen LogP contribution in [0.3, 0.4) is 0 Å². The smallest absolute Gasteiger partial charge is 0.323 e. The van der Waals surface area contributed by atoms with E-state index in [4.69, 9.17) is 24.5 Å². The molecule has 0 aliphatic heterocycles. The van der Waals surface area contributed by atoms with E-state index in [-0.39, 0.29) is 19.1 Å². The maximum atomic E-state index is 11.4. The Kier molecular flexibility index (Phi) is 8.64. The lowest BCUT2D eigenvalue weighted by atomic mass is 10.2. The van der Waals surface area contributed by atoms with Gasteiger partial charge in [0, 0.05) is 5.92 Å². The molecule has 0 aromatic rings. The molecule has 17 heavy (non-hydrogen) atoms. The van der Waals surface area contributed by atoms with Gasteiger partial charge in [0.2, 0.25) is 0 Å². The maximum Gasteiger partial charge on any atom is 0.415 e. The lowest BCUT2D eigenvalue weighted by molar-refractivity contribution is -0.152. The van der Waals surface area contributed by atoms with E-state index in [1.165, 1.54) is 6.26 Å². The highest BCUT2D eigenvalue weighted by Gasteiger charge is 2.25. The lowest BCUT2D eigenvalue weighted by Gasteiger charge is -2.17. The molecule has 104 valence electrons. The van der Waals surface area contributed by atoms with Gasteiger partial charge in [-0.15, -0.1) is 4.67 Å². The van der Waals surface area contributed by atoms with Gasteiger partial charge in [-0.3, -0.25) is 4.52 Å². The molecule has 0 spiro atoms. The van der Waals surface area contributed by atoms with E-state index < -0.39 is 13.5 Å². The molecule has 12 heteroatoms. The molecule has 0 heterocycles. The van der Waals surface area contributed by atoms with Crippen molar-refractivity contribution in [1.29, 1.82) is 0 Å². The molecule has 3 atom stereocenters. The molecule has 0 radical (unpaired) electrons. The molecule has 0 aromatic heterocycles. The first-order valence-corrected chi connectivity index (χ1v) is 10.2. The summed E-state index contributed by atoms with van der Waals surface area (Å²) in [6, 6.07) is 0. The van der Waals surface area contributed by atoms with Crippen LogP contribution >= 0.6 is 24.9 Å². The fourth-order valence-electron chi connectivity index (χ4n) is 0.621. The van der Waals surface area contributed by atoms with Crippen molar-refractivity contribution in [2.45, 2.75) is 6.92 Å². The van der Waals surface area contributed by atoms with E-state index in [2.05, 4.69) is 21.2 Å². The third-order valence-corrected chi connectivity index (χ3v) is 5.63. The predicted octanol–water partition coefficient (Wildman–Crippen LogP) is 2.32. The van der Waals surface area contributed by atoms with Gasteiger partial charge in [-0.1, -0.05) is 6.92 Å². The zero-order valence-electron chi connectivity index (χ0n) is 9.09. The quantitative estimate of drug-likeness (QED) is 0.331. The zero-order valence-corrected chi connectivity index (χ0v) is 12.5. The summed E-state index contributed by atoms with van der Waals surface area (Å²) < 4.78 is 28.3. The Morgan fingerprint density at radius 3 is 2.24 bits per heavy atom. The summed E-state index contributed by atoms with van der Waals surface area (Å²) in [6.45, 7) is -5.66. The molecule has 0 aliphatic rings. The second-order valence-electron chi connectivity index (χ2n) is 2.96. The van der Waals surface area contributed by atoms with Gasteiger partial charge < -0.3 is 9.42 Å². The van der Waals surface area contributed by atoms with Crippen LogP contribution in [-0.4, -0.2) is 34.9 Å². The molecule has 0 fully saturated rings. The van der Waals surface area contributed by atoms with Crippen molar-refractivity contribution in [3.05, 3.63) is 0 Å². The molecule has 0 bridgehead atoms. The van der Waals surface area contributed by atoms with E-state index in [9.17, 15) is 4.57 Å². The summed E-state index contributed by atoms with van der Waals surface area (Å²) in [4.78, 5) is 9.06. The van der Waals surface area contributed by atoms with Crippen LogP contribution in [0.2, 0.25) is 0 Å². The third kappa shape index (κ3) is 7.86. The van der Waals surface area contributed by atoms with Crippen molar-refractivity contribution in [3.8, 4) is 0 Å². The number of rotatable bonds is 9. The molecule has 0 aromatic carbocycles. The second kappa shape index (κ2) is 8.19. The molecule has 3 N–H and O–H groups in total. The van der Waals surface area contributed by atoms with Gasteiger partial charge in [-0.05, 0) is 29.4 Å². The van der Waals surface area contributed by atoms with Gasteiger partial charge in [0.25, 0.3) is 0 Å². The highest BCUT2D eigenvalue weighted by atomic mass is 32.7. The Morgan fingerprint density at radius 1 is 1.29 bits per heavy atom. The van der Waals surface area contributed by atoms with E-state index in [0.717, 1.165) is 11.4 Å². The monoisotopic (exact) mass is 328 g/mol. The summed E-state index contributed by atoms with van der Waals surface area (Å²) in [6.07, 6.45) is 1.45. The van der Waals surface area contributed by atoms with Crippen LogP contribution in [0.15, 0.2) is 0 Å². The van der Waals surface area contributed by atoms with Gasteiger partial charge >= 0.3 is 13.5 Å². The molecular weight excluding hydrogens is 314 g/mol. The number of hydrogen-bond acceptors (Lipinski definition) is 9. The molecule has 0 saturated carbocycles. The van der Waals surface area contributed by atoms with Gasteiger partial charge in [0.15, 0.2) is 0 Å². The summed E-state index contributed by atoms with van der Waals surface area (Å²) in [5.74, 6) is -0.310. The molecule has 8 nitrogen and oxygen atoms in total. The van der Waals surface area contributed by atoms with Crippen molar-refractivity contribution in [2.75, 3.05) is 19.5 Å². The van der Waals surface area contributed by atoms with Gasteiger partial charge in [0.1, 0.15) is 0 Å². The van der Waals surface area contributed by atoms with E-state index >= 15 is 0 Å². The first-order chi connectivity index (χ1) is 7.78. The third-order valence-electron chi connectivity index (χ3n) is 1.47. The highest BCUT2D eigenvalue weighted by molar-refractivity contribution is 8.54. The highest BCUT2D eigenvalue weighted by Crippen LogP contribution is 2.58. The summed E-state index contributed by atoms with van der Waals surface area (Å²) >= 11 is 5.11. The Morgan fingerprint density at radius 2 is 1.82 bits per heavy atom. The maximum absolute atomic E-state index is 11.4. The standard InChI is InChI=1S/C5H14O8P2S2/c1-5(3-10-14(8,16)12-6)4-11-15(9,13-7)17-2/h5-7H,3-4H2,1-2H3,(H,8,16). The van der Waals surface area contributed by atoms with Crippen molar-refractivity contribution in [1.82, 2.24) is 0 Å². The predicted molar refractivity (Wildman–Crippen MR) is 66.1 cm³/mol. The van der Waals surface area contributed by atoms with Gasteiger partial charge in [-0.25, -0.2) is 15.1 Å². The topological polar surface area (TPSA) is 115 Å². The van der Waals surface area contributed by atoms with Crippen molar-refractivity contribution < 1.29 is 38.4 Å². The minimum Gasteiger partial charge on any atom is -0.323 e. The first-order valence-electron chi connectivity index (χ1n) is 4.22. The van der Waals surface area contributed by atoms with Crippen molar-refractivity contribution >= 4 is 36.7 Å². The minimum atomic E-state index is -3.63. The molecule has 0 saturated heterocycles. The largest absolute Gasteiger partial charge is 0.415 e. The SMILES string of the molecule is CSP(=O)(OO)OCC(C)COP(O)(=S)OO. The van der Waals surface area contributed by atoms with E-state index in [0.29, 0.717) is 0 Å². The van der Waals surface area contributed by atoms with Crippen LogP contribution < -0.4 is 0 Å². The molecule has 0 rings (SSSR count). The Balaban J connectivity index is 4.00. The lowest BCUT2D eigenvalue weighted by Crippen LogP contribution is -2.11. The second-order valence-corrected chi connectivity index (χ2v) is 9.82. The number of hydrogen-bond donors (Lipinski definition) is 3. The average molecular weight is 328 g/mol. The van der Waals surface area contributed by atoms with Crippen LogP contribution in [0.25, 0.3) is 0 Å². The van der Waals surface area contributed by atoms with Crippen LogP contribution in [0.5, 0.6) is 0 Å². The van der Waals surface area contributed by atoms with Crippen molar-refractivity contribution in [2.24, 2.45) is 5.92 Å². The fourth-order valence-corrected chi connectivity index (χ4v) is 2.65. The average Bonchev–Trinajstić information content (AvgIpc) is 2.33. The molecule has 0 amide bonds. The molecule has 3 unspecified atom stereocenters. The van der Waals surface area contributed by atoms with Crippen LogP contribution in [0.4, 0.5) is 0 Å². The Hall–Kier alpha value is 0.950. The zero-order chi connectivity index (χ0) is 13.5. The van der Waals surface area contributed by atoms with Gasteiger partial charge in [-0.2, -0.15) is 4.67 Å². The Bertz CT molecular complexity index is 304. The van der Waals surface area contributed by atoms with Crippen molar-refractivity contribution in [3.63, 3.8) is 0 Å². The van der Waals surface area contributed by atoms with Gasteiger partial charge in [0.05, 0.1) is 13.2 Å². The summed E-state index contributed by atoms with van der Waals surface area (Å²) in [5.41, 5.74) is 0. The van der Waals surface area contributed by atoms with E-state index in [1.807, 2.05) is 0 Å². The molecular formula is C5H14O8P2S2. The van der Waals surface area contributed by atoms with E-state index in [1.54, 1.807) is 6.92 Å². The molecule has 0 aliphatic carbocycles. The summed E-state index contributed by atoms with van der Waals surface area (Å²) in [5, 5.41) is 16.5. The van der Waals surface area contributed by atoms with Crippen LogP contribution in [0, 0.1) is 5.92 Å². The fraction of sp³-hybridized carbons (Fsp3) is 1.00. The van der Waals surface area contributed by atoms with Crippen LogP contribution in [-0.2, 0) is 34.8 Å². The van der Waals surface area contributed by atoms with Crippen LogP contribution in [0.1, 0.15) is 6.92 Å². The summed E-state index contributed by atoms with van der Waals surface area (Å²) in [7, 11) is 0.